The van der Waals surface area contributed by atoms with Crippen molar-refractivity contribution in [1.29, 1.82) is 0 Å². The van der Waals surface area contributed by atoms with Gasteiger partial charge in [0.2, 0.25) is 5.82 Å². The zero-order valence-electron chi connectivity index (χ0n) is 18.7. The first kappa shape index (κ1) is 20.8. The molecule has 1 unspecified atom stereocenters. The van der Waals surface area contributed by atoms with E-state index in [4.69, 9.17) is 13.9 Å². The topological polar surface area (TPSA) is 84.4 Å². The molecule has 0 bridgehead atoms. The smallest absolute Gasteiger partial charge is 0.322 e. The quantitative estimate of drug-likeness (QED) is 0.434. The van der Waals surface area contributed by atoms with Crippen molar-refractivity contribution < 1.29 is 13.7 Å². The van der Waals surface area contributed by atoms with Crippen molar-refractivity contribution in [3.8, 4) is 11.4 Å². The van der Waals surface area contributed by atoms with Crippen LogP contribution < -0.4 is 5.32 Å². The fourth-order valence-corrected chi connectivity index (χ4v) is 4.05. The van der Waals surface area contributed by atoms with E-state index in [1.807, 2.05) is 75.4 Å². The molecule has 0 saturated carbocycles. The number of nitrogens with zero attached hydrogens (tertiary/aromatic N) is 3. The second-order valence-electron chi connectivity index (χ2n) is 8.25. The zero-order chi connectivity index (χ0) is 22.9. The number of allylic oxidation sites excluding steroid dienone is 1. The summed E-state index contributed by atoms with van der Waals surface area (Å²) >= 11 is 0. The highest BCUT2D eigenvalue weighted by molar-refractivity contribution is 5.86. The molecule has 1 N–H and O–H groups in total. The van der Waals surface area contributed by atoms with Gasteiger partial charge in [-0.15, -0.1) is 0 Å². The average molecular weight is 441 g/mol. The third-order valence-corrected chi connectivity index (χ3v) is 5.83. The number of carbonyl (C=O) groups excluding carboxylic acids is 1. The Hall–Kier alpha value is -4.13. The van der Waals surface area contributed by atoms with Gasteiger partial charge >= 0.3 is 6.03 Å². The molecule has 0 radical (unpaired) electrons. The van der Waals surface area contributed by atoms with Gasteiger partial charge in [0.1, 0.15) is 5.76 Å². The minimum absolute atomic E-state index is 0.211. The molecule has 7 nitrogen and oxygen atoms in total. The molecule has 2 aromatic carbocycles. The van der Waals surface area contributed by atoms with Crippen molar-refractivity contribution >= 4 is 11.6 Å². The molecule has 0 saturated heterocycles. The highest BCUT2D eigenvalue weighted by Gasteiger charge is 2.36. The van der Waals surface area contributed by atoms with Crippen LogP contribution in [0.15, 0.2) is 81.6 Å². The molecule has 5 rings (SSSR count). The highest BCUT2D eigenvalue weighted by Crippen LogP contribution is 2.38. The van der Waals surface area contributed by atoms with Gasteiger partial charge in [0.15, 0.2) is 0 Å². The van der Waals surface area contributed by atoms with Gasteiger partial charge in [-0.25, -0.2) is 4.79 Å². The summed E-state index contributed by atoms with van der Waals surface area (Å²) in [6.45, 7) is 6.25. The number of urea groups is 1. The van der Waals surface area contributed by atoms with Gasteiger partial charge in [-0.1, -0.05) is 58.7 Å². The van der Waals surface area contributed by atoms with Crippen LogP contribution in [0.2, 0.25) is 0 Å². The first-order chi connectivity index (χ1) is 16.0. The number of hydrogen-bond acceptors (Lipinski definition) is 5. The summed E-state index contributed by atoms with van der Waals surface area (Å²) in [5.41, 5.74) is 5.57. The number of aromatic nitrogens is 2. The molecule has 0 fully saturated rings. The Morgan fingerprint density at radius 2 is 1.82 bits per heavy atom. The number of carbonyl (C=O) groups is 1. The van der Waals surface area contributed by atoms with E-state index in [2.05, 4.69) is 10.5 Å². The predicted octanol–water partition coefficient (Wildman–Crippen LogP) is 5.64. The minimum Gasteiger partial charge on any atom is -0.467 e. The molecular formula is C26H24N4O3. The van der Waals surface area contributed by atoms with E-state index in [1.54, 1.807) is 17.2 Å². The maximum absolute atomic E-state index is 13.1. The van der Waals surface area contributed by atoms with Gasteiger partial charge in [0.25, 0.3) is 5.89 Å². The summed E-state index contributed by atoms with van der Waals surface area (Å²) in [5, 5.41) is 7.34. The maximum atomic E-state index is 13.1. The number of rotatable bonds is 5. The van der Waals surface area contributed by atoms with E-state index in [9.17, 15) is 4.79 Å². The summed E-state index contributed by atoms with van der Waals surface area (Å²) < 4.78 is 11.2. The van der Waals surface area contributed by atoms with Gasteiger partial charge in [0, 0.05) is 11.3 Å². The molecule has 1 atom stereocenters. The Balaban J connectivity index is 1.60. The van der Waals surface area contributed by atoms with Crippen LogP contribution in [0, 0.1) is 13.8 Å². The molecule has 4 aromatic rings. The molecule has 1 aliphatic rings. The lowest BCUT2D eigenvalue weighted by Gasteiger charge is -2.34. The second-order valence-corrected chi connectivity index (χ2v) is 8.25. The van der Waals surface area contributed by atoms with E-state index >= 15 is 0 Å². The number of nitrogens with one attached hydrogen (secondary N) is 1. The number of benzene rings is 2. The lowest BCUT2D eigenvalue weighted by atomic mass is 9.94. The summed E-state index contributed by atoms with van der Waals surface area (Å²) in [6.07, 6.45) is 1.60. The monoisotopic (exact) mass is 440 g/mol. The first-order valence-electron chi connectivity index (χ1n) is 10.8. The lowest BCUT2D eigenvalue weighted by Crippen LogP contribution is -2.45. The van der Waals surface area contributed by atoms with Crippen molar-refractivity contribution in [1.82, 2.24) is 20.4 Å². The van der Waals surface area contributed by atoms with Crippen molar-refractivity contribution in [3.63, 3.8) is 0 Å². The number of hydrogen-bond donors (Lipinski definition) is 1. The van der Waals surface area contributed by atoms with Crippen molar-refractivity contribution in [2.75, 3.05) is 0 Å². The third-order valence-electron chi connectivity index (χ3n) is 5.83. The van der Waals surface area contributed by atoms with Crippen LogP contribution in [0.25, 0.3) is 17.0 Å². The largest absolute Gasteiger partial charge is 0.467 e. The van der Waals surface area contributed by atoms with Crippen LogP contribution in [0.3, 0.4) is 0 Å². The highest BCUT2D eigenvalue weighted by atomic mass is 16.5. The Labute approximate surface area is 191 Å². The van der Waals surface area contributed by atoms with Crippen molar-refractivity contribution in [2.24, 2.45) is 0 Å². The van der Waals surface area contributed by atoms with Gasteiger partial charge in [-0.2, -0.15) is 4.98 Å². The number of aryl methyl sites for hydroxylation is 2. The summed E-state index contributed by atoms with van der Waals surface area (Å²) in [4.78, 5) is 19.4. The van der Waals surface area contributed by atoms with Crippen molar-refractivity contribution in [3.05, 3.63) is 101 Å². The van der Waals surface area contributed by atoms with Gasteiger partial charge < -0.3 is 14.3 Å². The van der Waals surface area contributed by atoms with E-state index in [0.29, 0.717) is 24.0 Å². The number of furan rings is 1. The van der Waals surface area contributed by atoms with Crippen LogP contribution in [0.5, 0.6) is 0 Å². The van der Waals surface area contributed by atoms with Crippen LogP contribution in [0.1, 0.15) is 41.3 Å². The summed E-state index contributed by atoms with van der Waals surface area (Å²) in [5.74, 6) is 1.56. The molecule has 33 heavy (non-hydrogen) atoms. The van der Waals surface area contributed by atoms with E-state index in [1.165, 1.54) is 0 Å². The Morgan fingerprint density at radius 1 is 1.00 bits per heavy atom. The molecular weight excluding hydrogens is 416 g/mol. The van der Waals surface area contributed by atoms with Crippen LogP contribution in [-0.2, 0) is 6.54 Å². The maximum Gasteiger partial charge on any atom is 0.322 e. The fraction of sp³-hybridized carbons (Fsp3) is 0.192. The number of amides is 2. The standard InChI is InChI=1S/C26H24N4O3/c1-16-9-11-19(12-10-16)23-22(18(3)30(26(31)27-23)15-21-8-5-13-32-21)25-28-24(29-33-25)20-7-4-6-17(2)14-20/h4-14,23H,15H2,1-3H3,(H,27,31). The molecule has 3 heterocycles. The molecule has 2 amide bonds. The van der Waals surface area contributed by atoms with Crippen molar-refractivity contribution in [2.45, 2.75) is 33.4 Å². The minimum atomic E-state index is -0.420. The lowest BCUT2D eigenvalue weighted by molar-refractivity contribution is 0.199. The zero-order valence-corrected chi connectivity index (χ0v) is 18.7. The first-order valence-corrected chi connectivity index (χ1v) is 10.8. The molecule has 166 valence electrons. The van der Waals surface area contributed by atoms with Gasteiger partial charge in [0.05, 0.1) is 24.4 Å². The molecule has 0 aliphatic carbocycles. The van der Waals surface area contributed by atoms with E-state index < -0.39 is 6.04 Å². The SMILES string of the molecule is CC1=C(c2nc(-c3cccc(C)c3)no2)C(c2ccc(C)cc2)NC(=O)N1Cc1ccco1. The van der Waals surface area contributed by atoms with E-state index in [-0.39, 0.29) is 6.03 Å². The summed E-state index contributed by atoms with van der Waals surface area (Å²) in [6, 6.07) is 19.0. The second kappa shape index (κ2) is 8.43. The molecule has 2 aromatic heterocycles. The molecule has 1 aliphatic heterocycles. The fourth-order valence-electron chi connectivity index (χ4n) is 4.05. The van der Waals surface area contributed by atoms with Gasteiger partial charge in [-0.05, 0) is 44.5 Å². The predicted molar refractivity (Wildman–Crippen MR) is 124 cm³/mol. The average Bonchev–Trinajstić information content (AvgIpc) is 3.49. The van der Waals surface area contributed by atoms with Crippen LogP contribution in [0.4, 0.5) is 4.79 Å². The summed E-state index contributed by atoms with van der Waals surface area (Å²) in [7, 11) is 0. The van der Waals surface area contributed by atoms with Crippen LogP contribution in [-0.4, -0.2) is 21.1 Å². The van der Waals surface area contributed by atoms with E-state index in [0.717, 1.165) is 33.5 Å². The third kappa shape index (κ3) is 4.05. The normalized spacial score (nSPS) is 16.3. The van der Waals surface area contributed by atoms with Gasteiger partial charge in [-0.3, -0.25) is 4.90 Å². The molecule has 0 spiro atoms. The van der Waals surface area contributed by atoms with Crippen LogP contribution >= 0.6 is 0 Å². The Morgan fingerprint density at radius 3 is 2.55 bits per heavy atom. The Bertz CT molecular complexity index is 1320. The molecule has 7 heteroatoms. The Kier molecular flexibility index (Phi) is 5.30.